The van der Waals surface area contributed by atoms with E-state index in [0.717, 1.165) is 5.56 Å². The fourth-order valence-electron chi connectivity index (χ4n) is 2.64. The predicted molar refractivity (Wildman–Crippen MR) is 115 cm³/mol. The predicted octanol–water partition coefficient (Wildman–Crippen LogP) is 2.04. The first kappa shape index (κ1) is 20.5. The van der Waals surface area contributed by atoms with Gasteiger partial charge < -0.3 is 15.0 Å². The Labute approximate surface area is 173 Å². The summed E-state index contributed by atoms with van der Waals surface area (Å²) in [6, 6.07) is 12.3. The normalized spacial score (nSPS) is 11.6. The van der Waals surface area contributed by atoms with Crippen molar-refractivity contribution in [1.29, 1.82) is 0 Å². The Hall–Kier alpha value is -4.20. The fourth-order valence-corrected chi connectivity index (χ4v) is 2.64. The Morgan fingerprint density at radius 3 is 2.57 bits per heavy atom. The fraction of sp³-hybridized carbons (Fsp3) is 0.0909. The Morgan fingerprint density at radius 2 is 1.90 bits per heavy atom. The van der Waals surface area contributed by atoms with Gasteiger partial charge >= 0.3 is 0 Å². The van der Waals surface area contributed by atoms with E-state index < -0.39 is 0 Å². The summed E-state index contributed by atoms with van der Waals surface area (Å²) in [6.45, 7) is 4.16. The molecule has 0 unspecified atom stereocenters. The molecule has 0 spiro atoms. The van der Waals surface area contributed by atoms with Crippen LogP contribution < -0.4 is 10.7 Å². The maximum absolute atomic E-state index is 12.2. The standard InChI is InChI=1S/C22H21N5O3/c1-16(21(29)24-14-17-6-4-3-5-7-17)8-9-20(23-2)27-22(30)19(15-25-27)26-12-10-18(28)11-13-26/h3-13,15,30H,1,14H2,2H3,(H,24,29)/b9-8-,23-20+. The van der Waals surface area contributed by atoms with Crippen LogP contribution in [0, 0.1) is 0 Å². The number of aliphatic imine (C=N–C) groups is 1. The van der Waals surface area contributed by atoms with Crippen molar-refractivity contribution in [3.63, 3.8) is 0 Å². The molecular weight excluding hydrogens is 382 g/mol. The van der Waals surface area contributed by atoms with Crippen LogP contribution in [-0.4, -0.2) is 38.2 Å². The molecule has 0 aliphatic heterocycles. The van der Waals surface area contributed by atoms with Crippen LogP contribution in [-0.2, 0) is 11.3 Å². The summed E-state index contributed by atoms with van der Waals surface area (Å²) < 4.78 is 2.78. The van der Waals surface area contributed by atoms with E-state index >= 15 is 0 Å². The molecule has 0 aliphatic rings. The number of carbonyl (C=O) groups excluding carboxylic acids is 1. The third kappa shape index (κ3) is 4.79. The summed E-state index contributed by atoms with van der Waals surface area (Å²) in [5.41, 5.74) is 1.46. The van der Waals surface area contributed by atoms with Crippen LogP contribution in [0.1, 0.15) is 5.56 Å². The molecule has 2 heterocycles. The van der Waals surface area contributed by atoms with Gasteiger partial charge in [-0.15, -0.1) is 0 Å². The molecular formula is C22H21N5O3. The number of hydrogen-bond acceptors (Lipinski definition) is 5. The summed E-state index contributed by atoms with van der Waals surface area (Å²) in [6.07, 6.45) is 7.54. The zero-order valence-electron chi connectivity index (χ0n) is 16.4. The monoisotopic (exact) mass is 403 g/mol. The molecule has 3 rings (SSSR count). The van der Waals surface area contributed by atoms with Crippen molar-refractivity contribution in [2.24, 2.45) is 4.99 Å². The minimum atomic E-state index is -0.316. The molecule has 1 aromatic carbocycles. The van der Waals surface area contributed by atoms with Crippen molar-refractivity contribution in [3.05, 3.63) is 101 Å². The van der Waals surface area contributed by atoms with Gasteiger partial charge in [-0.25, -0.2) is 0 Å². The first-order valence-corrected chi connectivity index (χ1v) is 9.11. The molecule has 0 saturated heterocycles. The number of aromatic hydroxyl groups is 1. The van der Waals surface area contributed by atoms with Crippen molar-refractivity contribution in [2.75, 3.05) is 7.05 Å². The maximum Gasteiger partial charge on any atom is 0.250 e. The van der Waals surface area contributed by atoms with Crippen molar-refractivity contribution >= 4 is 11.7 Å². The maximum atomic E-state index is 12.2. The number of aromatic nitrogens is 3. The van der Waals surface area contributed by atoms with E-state index in [9.17, 15) is 14.7 Å². The molecule has 1 amide bonds. The van der Waals surface area contributed by atoms with E-state index in [0.29, 0.717) is 18.1 Å². The number of amides is 1. The smallest absolute Gasteiger partial charge is 0.250 e. The van der Waals surface area contributed by atoms with Gasteiger partial charge in [0.25, 0.3) is 5.91 Å². The summed E-state index contributed by atoms with van der Waals surface area (Å²) in [5, 5.41) is 17.5. The van der Waals surface area contributed by atoms with Crippen LogP contribution in [0.4, 0.5) is 0 Å². The highest BCUT2D eigenvalue weighted by molar-refractivity contribution is 6.00. The number of hydrogen-bond donors (Lipinski definition) is 2. The molecule has 2 N–H and O–H groups in total. The topological polar surface area (TPSA) is 102 Å². The Kier molecular flexibility index (Phi) is 6.39. The highest BCUT2D eigenvalue weighted by Gasteiger charge is 2.13. The van der Waals surface area contributed by atoms with Gasteiger partial charge in [-0.2, -0.15) is 9.78 Å². The van der Waals surface area contributed by atoms with Crippen LogP contribution in [0.2, 0.25) is 0 Å². The number of carbonyl (C=O) groups is 1. The minimum absolute atomic E-state index is 0.138. The summed E-state index contributed by atoms with van der Waals surface area (Å²) in [4.78, 5) is 27.6. The first-order valence-electron chi connectivity index (χ1n) is 9.11. The van der Waals surface area contributed by atoms with Crippen molar-refractivity contribution in [3.8, 4) is 11.6 Å². The van der Waals surface area contributed by atoms with Gasteiger partial charge in [0, 0.05) is 43.7 Å². The minimum Gasteiger partial charge on any atom is -0.492 e. The number of allylic oxidation sites excluding steroid dienone is 1. The Bertz CT molecular complexity index is 1150. The molecule has 0 saturated carbocycles. The molecule has 3 aromatic rings. The number of nitrogens with zero attached hydrogens (tertiary/aromatic N) is 4. The third-order valence-electron chi connectivity index (χ3n) is 4.27. The van der Waals surface area contributed by atoms with Gasteiger partial charge in [-0.3, -0.25) is 14.6 Å². The largest absolute Gasteiger partial charge is 0.492 e. The van der Waals surface area contributed by atoms with E-state index in [-0.39, 0.29) is 22.8 Å². The molecule has 2 aromatic heterocycles. The molecule has 0 bridgehead atoms. The lowest BCUT2D eigenvalue weighted by Gasteiger charge is -2.07. The molecule has 8 heteroatoms. The van der Waals surface area contributed by atoms with E-state index in [4.69, 9.17) is 0 Å². The highest BCUT2D eigenvalue weighted by atomic mass is 16.3. The van der Waals surface area contributed by atoms with Crippen LogP contribution in [0.15, 0.2) is 95.1 Å². The van der Waals surface area contributed by atoms with Gasteiger partial charge in [0.05, 0.1) is 6.20 Å². The van der Waals surface area contributed by atoms with E-state index in [1.807, 2.05) is 30.3 Å². The van der Waals surface area contributed by atoms with E-state index in [2.05, 4.69) is 22.0 Å². The quantitative estimate of drug-likeness (QED) is 0.285. The number of nitrogens with one attached hydrogen (secondary N) is 1. The lowest BCUT2D eigenvalue weighted by atomic mass is 10.2. The van der Waals surface area contributed by atoms with Crippen molar-refractivity contribution < 1.29 is 9.90 Å². The average molecular weight is 403 g/mol. The van der Waals surface area contributed by atoms with Gasteiger partial charge in [0.15, 0.2) is 11.3 Å². The average Bonchev–Trinajstić information content (AvgIpc) is 3.15. The van der Waals surface area contributed by atoms with Gasteiger partial charge in [-0.1, -0.05) is 36.9 Å². The van der Waals surface area contributed by atoms with Crippen LogP contribution in [0.25, 0.3) is 5.69 Å². The Morgan fingerprint density at radius 1 is 1.20 bits per heavy atom. The molecule has 0 fully saturated rings. The lowest BCUT2D eigenvalue weighted by Crippen LogP contribution is -2.23. The third-order valence-corrected chi connectivity index (χ3v) is 4.27. The first-order chi connectivity index (χ1) is 14.5. The van der Waals surface area contributed by atoms with Crippen LogP contribution in [0.5, 0.6) is 5.88 Å². The second kappa shape index (κ2) is 9.33. The zero-order chi connectivity index (χ0) is 21.5. The van der Waals surface area contributed by atoms with E-state index in [1.165, 1.54) is 54.6 Å². The molecule has 8 nitrogen and oxygen atoms in total. The number of benzene rings is 1. The van der Waals surface area contributed by atoms with Gasteiger partial charge in [0.2, 0.25) is 5.88 Å². The van der Waals surface area contributed by atoms with Crippen LogP contribution >= 0.6 is 0 Å². The second-order valence-electron chi connectivity index (χ2n) is 6.31. The zero-order valence-corrected chi connectivity index (χ0v) is 16.4. The van der Waals surface area contributed by atoms with Crippen LogP contribution in [0.3, 0.4) is 0 Å². The Balaban J connectivity index is 1.70. The molecule has 30 heavy (non-hydrogen) atoms. The summed E-state index contributed by atoms with van der Waals surface area (Å²) in [7, 11) is 1.54. The summed E-state index contributed by atoms with van der Waals surface area (Å²) >= 11 is 0. The highest BCUT2D eigenvalue weighted by Crippen LogP contribution is 2.20. The van der Waals surface area contributed by atoms with Gasteiger partial charge in [0.1, 0.15) is 5.69 Å². The number of rotatable bonds is 6. The van der Waals surface area contributed by atoms with Crippen molar-refractivity contribution in [1.82, 2.24) is 19.7 Å². The SMILES string of the molecule is C=C(/C=C\C(=N/C)n1ncc(-n2ccc(=O)cc2)c1O)C(=O)NCc1ccccc1. The molecule has 0 aliphatic carbocycles. The van der Waals surface area contributed by atoms with Gasteiger partial charge in [-0.05, 0) is 17.7 Å². The molecule has 0 radical (unpaired) electrons. The molecule has 152 valence electrons. The molecule has 0 atom stereocenters. The lowest BCUT2D eigenvalue weighted by molar-refractivity contribution is -0.117. The van der Waals surface area contributed by atoms with Crippen molar-refractivity contribution in [2.45, 2.75) is 6.54 Å². The summed E-state index contributed by atoms with van der Waals surface area (Å²) in [5.74, 6) is -0.177. The second-order valence-corrected chi connectivity index (χ2v) is 6.31. The van der Waals surface area contributed by atoms with E-state index in [1.54, 1.807) is 4.57 Å². The number of pyridine rings is 1.